The van der Waals surface area contributed by atoms with Crippen LogP contribution >= 0.6 is 11.6 Å². The number of nitrogens with two attached hydrogens (primary N) is 1. The molecule has 1 rings (SSSR count). The highest BCUT2D eigenvalue weighted by Crippen LogP contribution is 2.18. The van der Waals surface area contributed by atoms with Crippen LogP contribution in [-0.4, -0.2) is 42.6 Å². The molecule has 1 aromatic rings. The van der Waals surface area contributed by atoms with Gasteiger partial charge in [-0.1, -0.05) is 25.4 Å². The highest BCUT2D eigenvalue weighted by atomic mass is 35.5. The first-order chi connectivity index (χ1) is 8.95. The van der Waals surface area contributed by atoms with E-state index in [0.29, 0.717) is 36.9 Å². The number of hydrogen-bond acceptors (Lipinski definition) is 4. The van der Waals surface area contributed by atoms with Crippen LogP contribution in [0.1, 0.15) is 24.2 Å². The summed E-state index contributed by atoms with van der Waals surface area (Å²) >= 11 is 5.96. The van der Waals surface area contributed by atoms with Gasteiger partial charge in [0, 0.05) is 20.2 Å². The fourth-order valence-electron chi connectivity index (χ4n) is 1.70. The number of amides is 1. The van der Waals surface area contributed by atoms with E-state index in [4.69, 9.17) is 22.1 Å². The van der Waals surface area contributed by atoms with Crippen molar-refractivity contribution in [3.63, 3.8) is 0 Å². The predicted octanol–water partition coefficient (Wildman–Crippen LogP) is 2.06. The first-order valence-electron chi connectivity index (χ1n) is 6.15. The van der Waals surface area contributed by atoms with Crippen LogP contribution in [0, 0.1) is 5.92 Å². The molecular weight excluding hydrogens is 266 g/mol. The minimum Gasteiger partial charge on any atom is -0.397 e. The maximum Gasteiger partial charge on any atom is 0.257 e. The Morgan fingerprint density at radius 1 is 1.58 bits per heavy atom. The zero-order valence-corrected chi connectivity index (χ0v) is 12.3. The van der Waals surface area contributed by atoms with Crippen LogP contribution in [0.25, 0.3) is 0 Å². The van der Waals surface area contributed by atoms with E-state index in [-0.39, 0.29) is 11.1 Å². The van der Waals surface area contributed by atoms with Crippen LogP contribution in [0.2, 0.25) is 5.15 Å². The summed E-state index contributed by atoms with van der Waals surface area (Å²) in [5.74, 6) is 0.184. The van der Waals surface area contributed by atoms with Crippen molar-refractivity contribution in [2.75, 3.05) is 32.5 Å². The molecule has 0 fully saturated rings. The summed E-state index contributed by atoms with van der Waals surface area (Å²) in [5.41, 5.74) is 6.40. The predicted molar refractivity (Wildman–Crippen MR) is 76.3 cm³/mol. The molecule has 0 aromatic carbocycles. The van der Waals surface area contributed by atoms with E-state index in [9.17, 15) is 4.79 Å². The van der Waals surface area contributed by atoms with Crippen LogP contribution in [0.15, 0.2) is 12.3 Å². The SMILES string of the molecule is COCCN(CC(C)C)C(=O)c1cc(N)cnc1Cl. The van der Waals surface area contributed by atoms with Crippen molar-refractivity contribution >= 4 is 23.2 Å². The Morgan fingerprint density at radius 2 is 2.26 bits per heavy atom. The lowest BCUT2D eigenvalue weighted by molar-refractivity contribution is 0.0672. The zero-order valence-electron chi connectivity index (χ0n) is 11.5. The number of aromatic nitrogens is 1. The van der Waals surface area contributed by atoms with Crippen molar-refractivity contribution in [3.05, 3.63) is 23.0 Å². The van der Waals surface area contributed by atoms with E-state index >= 15 is 0 Å². The molecule has 19 heavy (non-hydrogen) atoms. The molecule has 2 N–H and O–H groups in total. The monoisotopic (exact) mass is 285 g/mol. The van der Waals surface area contributed by atoms with Crippen molar-refractivity contribution in [1.82, 2.24) is 9.88 Å². The largest absolute Gasteiger partial charge is 0.397 e. The second-order valence-electron chi connectivity index (χ2n) is 4.74. The van der Waals surface area contributed by atoms with Gasteiger partial charge in [0.2, 0.25) is 0 Å². The fraction of sp³-hybridized carbons (Fsp3) is 0.538. The van der Waals surface area contributed by atoms with Gasteiger partial charge in [0.15, 0.2) is 0 Å². The Balaban J connectivity index is 2.93. The van der Waals surface area contributed by atoms with E-state index in [0.717, 1.165) is 0 Å². The highest BCUT2D eigenvalue weighted by Gasteiger charge is 2.20. The van der Waals surface area contributed by atoms with Gasteiger partial charge in [-0.25, -0.2) is 4.98 Å². The van der Waals surface area contributed by atoms with Gasteiger partial charge in [-0.3, -0.25) is 4.79 Å². The average molecular weight is 286 g/mol. The minimum absolute atomic E-state index is 0.171. The lowest BCUT2D eigenvalue weighted by Crippen LogP contribution is -2.37. The number of hydrogen-bond donors (Lipinski definition) is 1. The second kappa shape index (κ2) is 7.31. The molecular formula is C13H20ClN3O2. The first kappa shape index (κ1) is 15.7. The fourth-order valence-corrected chi connectivity index (χ4v) is 1.89. The van der Waals surface area contributed by atoms with E-state index < -0.39 is 0 Å². The van der Waals surface area contributed by atoms with Crippen molar-refractivity contribution in [2.45, 2.75) is 13.8 Å². The molecule has 1 amide bonds. The van der Waals surface area contributed by atoms with Crippen molar-refractivity contribution in [2.24, 2.45) is 5.92 Å². The Kier molecular flexibility index (Phi) is 6.05. The van der Waals surface area contributed by atoms with E-state index in [1.165, 1.54) is 6.20 Å². The molecule has 106 valence electrons. The Hall–Kier alpha value is -1.33. The average Bonchev–Trinajstić information content (AvgIpc) is 2.36. The van der Waals surface area contributed by atoms with Gasteiger partial charge in [-0.05, 0) is 12.0 Å². The molecule has 0 unspecified atom stereocenters. The number of nitrogen functional groups attached to an aromatic ring is 1. The molecule has 0 saturated carbocycles. The number of carbonyl (C=O) groups is 1. The molecule has 0 radical (unpaired) electrons. The number of halogens is 1. The number of methoxy groups -OCH3 is 1. The topological polar surface area (TPSA) is 68.5 Å². The molecule has 0 aliphatic carbocycles. The van der Waals surface area contributed by atoms with Crippen LogP contribution in [-0.2, 0) is 4.74 Å². The summed E-state index contributed by atoms with van der Waals surface area (Å²) in [6.45, 7) is 5.72. The summed E-state index contributed by atoms with van der Waals surface area (Å²) in [6.07, 6.45) is 1.43. The third-order valence-corrected chi connectivity index (χ3v) is 2.83. The third-order valence-electron chi connectivity index (χ3n) is 2.53. The minimum atomic E-state index is -0.171. The maximum absolute atomic E-state index is 12.4. The lowest BCUT2D eigenvalue weighted by Gasteiger charge is -2.24. The molecule has 0 aliphatic heterocycles. The maximum atomic E-state index is 12.4. The molecule has 6 heteroatoms. The lowest BCUT2D eigenvalue weighted by atomic mass is 10.1. The van der Waals surface area contributed by atoms with Gasteiger partial charge >= 0.3 is 0 Å². The van der Waals surface area contributed by atoms with Crippen molar-refractivity contribution in [3.8, 4) is 0 Å². The normalized spacial score (nSPS) is 10.8. The molecule has 1 heterocycles. The quantitative estimate of drug-likeness (QED) is 0.813. The number of anilines is 1. The molecule has 1 aromatic heterocycles. The van der Waals surface area contributed by atoms with Crippen LogP contribution in [0.4, 0.5) is 5.69 Å². The summed E-state index contributed by atoms with van der Waals surface area (Å²) in [7, 11) is 1.60. The number of rotatable bonds is 6. The van der Waals surface area contributed by atoms with Gasteiger partial charge in [0.25, 0.3) is 5.91 Å². The van der Waals surface area contributed by atoms with Gasteiger partial charge in [-0.15, -0.1) is 0 Å². The molecule has 5 nitrogen and oxygen atoms in total. The Labute approximate surface area is 118 Å². The van der Waals surface area contributed by atoms with Gasteiger partial charge in [0.1, 0.15) is 5.15 Å². The number of ether oxygens (including phenoxy) is 1. The van der Waals surface area contributed by atoms with Crippen LogP contribution in [0.3, 0.4) is 0 Å². The summed E-state index contributed by atoms with van der Waals surface area (Å²) in [6, 6.07) is 1.55. The molecule has 0 spiro atoms. The zero-order chi connectivity index (χ0) is 14.4. The smallest absolute Gasteiger partial charge is 0.257 e. The highest BCUT2D eigenvalue weighted by molar-refractivity contribution is 6.32. The standard InChI is InChI=1S/C13H20ClN3O2/c1-9(2)8-17(4-5-19-3)13(18)11-6-10(15)7-16-12(11)14/h6-7,9H,4-5,8,15H2,1-3H3. The molecule has 0 atom stereocenters. The third kappa shape index (κ3) is 4.69. The van der Waals surface area contributed by atoms with E-state index in [2.05, 4.69) is 4.98 Å². The number of nitrogens with zero attached hydrogens (tertiary/aromatic N) is 2. The second-order valence-corrected chi connectivity index (χ2v) is 5.10. The van der Waals surface area contributed by atoms with Gasteiger partial charge in [0.05, 0.1) is 24.1 Å². The van der Waals surface area contributed by atoms with Gasteiger partial charge in [-0.2, -0.15) is 0 Å². The Bertz CT molecular complexity index is 438. The number of pyridine rings is 1. The molecule has 0 bridgehead atoms. The van der Waals surface area contributed by atoms with Crippen LogP contribution < -0.4 is 5.73 Å². The molecule has 0 aliphatic rings. The summed E-state index contributed by atoms with van der Waals surface area (Å²) in [4.78, 5) is 18.1. The van der Waals surface area contributed by atoms with Crippen molar-refractivity contribution < 1.29 is 9.53 Å². The number of carbonyl (C=O) groups excluding carboxylic acids is 1. The first-order valence-corrected chi connectivity index (χ1v) is 6.52. The van der Waals surface area contributed by atoms with E-state index in [1.54, 1.807) is 18.1 Å². The summed E-state index contributed by atoms with van der Waals surface area (Å²) < 4.78 is 5.03. The Morgan fingerprint density at radius 3 is 2.84 bits per heavy atom. The van der Waals surface area contributed by atoms with Gasteiger partial charge < -0.3 is 15.4 Å². The van der Waals surface area contributed by atoms with Crippen LogP contribution in [0.5, 0.6) is 0 Å². The molecule has 0 saturated heterocycles. The van der Waals surface area contributed by atoms with Crippen molar-refractivity contribution in [1.29, 1.82) is 0 Å². The summed E-state index contributed by atoms with van der Waals surface area (Å²) in [5, 5.41) is 0.172. The van der Waals surface area contributed by atoms with E-state index in [1.807, 2.05) is 13.8 Å².